The van der Waals surface area contributed by atoms with Crippen LogP contribution in [-0.2, 0) is 4.74 Å². The third-order valence-corrected chi connectivity index (χ3v) is 6.16. The van der Waals surface area contributed by atoms with Crippen LogP contribution < -0.4 is 10.4 Å². The summed E-state index contributed by atoms with van der Waals surface area (Å²) in [6, 6.07) is 7.10. The van der Waals surface area contributed by atoms with Gasteiger partial charge in [0.2, 0.25) is 0 Å². The summed E-state index contributed by atoms with van der Waals surface area (Å²) in [6.45, 7) is 10.4. The van der Waals surface area contributed by atoms with Gasteiger partial charge in [0.15, 0.2) is 5.65 Å². The van der Waals surface area contributed by atoms with Gasteiger partial charge in [0.05, 0.1) is 28.7 Å². The molecular weight excluding hydrogens is 460 g/mol. The predicted octanol–water partition coefficient (Wildman–Crippen LogP) is 4.90. The van der Waals surface area contributed by atoms with Gasteiger partial charge < -0.3 is 23.2 Å². The van der Waals surface area contributed by atoms with E-state index in [1.807, 2.05) is 63.5 Å². The summed E-state index contributed by atoms with van der Waals surface area (Å²) in [7, 11) is 0. The first-order valence-electron chi connectivity index (χ1n) is 12.1. The van der Waals surface area contributed by atoms with Crippen LogP contribution in [0.2, 0.25) is 0 Å². The van der Waals surface area contributed by atoms with Crippen molar-refractivity contribution < 1.29 is 18.7 Å². The Labute approximate surface area is 208 Å². The second kappa shape index (κ2) is 8.96. The van der Waals surface area contributed by atoms with E-state index in [4.69, 9.17) is 13.9 Å². The van der Waals surface area contributed by atoms with E-state index in [1.165, 1.54) is 0 Å². The molecule has 4 heterocycles. The van der Waals surface area contributed by atoms with Crippen molar-refractivity contribution in [2.45, 2.75) is 59.1 Å². The number of likely N-dealkylation sites (tertiary alicyclic amines) is 1. The van der Waals surface area contributed by atoms with Crippen LogP contribution in [0.3, 0.4) is 0 Å². The third-order valence-electron chi connectivity index (χ3n) is 6.16. The molecule has 0 spiro atoms. The zero-order valence-corrected chi connectivity index (χ0v) is 21.2. The molecule has 1 aromatic carbocycles. The minimum atomic E-state index is -0.544. The van der Waals surface area contributed by atoms with Crippen LogP contribution in [0, 0.1) is 13.8 Å². The molecule has 1 aliphatic heterocycles. The van der Waals surface area contributed by atoms with E-state index in [1.54, 1.807) is 17.0 Å². The van der Waals surface area contributed by atoms with Gasteiger partial charge in [-0.25, -0.2) is 14.6 Å². The van der Waals surface area contributed by atoms with Crippen LogP contribution in [-0.4, -0.2) is 50.2 Å². The van der Waals surface area contributed by atoms with E-state index >= 15 is 0 Å². The molecule has 5 rings (SSSR count). The molecule has 36 heavy (non-hydrogen) atoms. The molecule has 0 N–H and O–H groups in total. The van der Waals surface area contributed by atoms with Crippen LogP contribution in [0.5, 0.6) is 5.75 Å². The predicted molar refractivity (Wildman–Crippen MR) is 135 cm³/mol. The molecule has 3 aromatic heterocycles. The molecule has 0 radical (unpaired) electrons. The molecule has 0 bridgehead atoms. The van der Waals surface area contributed by atoms with Crippen molar-refractivity contribution in [2.24, 2.45) is 0 Å². The van der Waals surface area contributed by atoms with Crippen LogP contribution in [0.4, 0.5) is 4.79 Å². The smallest absolute Gasteiger partial charge is 0.410 e. The number of benzene rings is 1. The molecule has 1 fully saturated rings. The lowest BCUT2D eigenvalue weighted by Crippen LogP contribution is -2.42. The van der Waals surface area contributed by atoms with Crippen molar-refractivity contribution >= 4 is 22.7 Å². The molecule has 0 aliphatic carbocycles. The molecule has 1 saturated heterocycles. The number of aryl methyl sites for hydroxylation is 2. The van der Waals surface area contributed by atoms with Gasteiger partial charge in [0, 0.05) is 30.4 Å². The van der Waals surface area contributed by atoms with Gasteiger partial charge in [-0.05, 0) is 65.7 Å². The first kappa shape index (κ1) is 23.8. The molecular formula is C27H30N4O5. The van der Waals surface area contributed by atoms with Crippen LogP contribution >= 0.6 is 0 Å². The molecule has 9 nitrogen and oxygen atoms in total. The highest BCUT2D eigenvalue weighted by molar-refractivity contribution is 5.82. The lowest BCUT2D eigenvalue weighted by atomic mass is 10.1. The number of hydrogen-bond donors (Lipinski definition) is 0. The summed E-state index contributed by atoms with van der Waals surface area (Å²) < 4.78 is 19.0. The molecule has 9 heteroatoms. The standard InChI is InChI=1S/C27H30N4O5/c1-16-13-30-14-22(29-24(30)17(2)28-16)21-11-18-8-9-20(12-23(18)35-25(21)32)34-15-19-7-6-10-31(19)26(33)36-27(3,4)5/h8-9,11-14,19H,6-7,10,15H2,1-5H3. The summed E-state index contributed by atoms with van der Waals surface area (Å²) in [6.07, 6.45) is 5.11. The van der Waals surface area contributed by atoms with Crippen molar-refractivity contribution in [3.63, 3.8) is 0 Å². The Kier molecular flexibility index (Phi) is 5.94. The van der Waals surface area contributed by atoms with Gasteiger partial charge in [0.25, 0.3) is 0 Å². The van der Waals surface area contributed by atoms with Crippen molar-refractivity contribution in [3.8, 4) is 17.0 Å². The van der Waals surface area contributed by atoms with Gasteiger partial charge >= 0.3 is 11.7 Å². The Morgan fingerprint density at radius 3 is 2.75 bits per heavy atom. The van der Waals surface area contributed by atoms with Crippen molar-refractivity contribution in [1.82, 2.24) is 19.3 Å². The monoisotopic (exact) mass is 490 g/mol. The van der Waals surface area contributed by atoms with Crippen molar-refractivity contribution in [3.05, 3.63) is 58.5 Å². The summed E-state index contributed by atoms with van der Waals surface area (Å²) in [5.74, 6) is 0.569. The molecule has 1 atom stereocenters. The number of ether oxygens (including phenoxy) is 2. The zero-order valence-electron chi connectivity index (χ0n) is 21.2. The second-order valence-corrected chi connectivity index (χ2v) is 10.3. The third kappa shape index (κ3) is 4.78. The highest BCUT2D eigenvalue weighted by Gasteiger charge is 2.32. The first-order chi connectivity index (χ1) is 17.1. The number of hydrogen-bond acceptors (Lipinski definition) is 7. The number of rotatable bonds is 4. The van der Waals surface area contributed by atoms with E-state index in [0.29, 0.717) is 41.4 Å². The Morgan fingerprint density at radius 1 is 1.17 bits per heavy atom. The van der Waals surface area contributed by atoms with Crippen LogP contribution in [0.15, 0.2) is 45.9 Å². The number of fused-ring (bicyclic) bond motifs is 2. The lowest BCUT2D eigenvalue weighted by Gasteiger charge is -2.28. The maximum absolute atomic E-state index is 12.8. The largest absolute Gasteiger partial charge is 0.491 e. The topological polar surface area (TPSA) is 99.2 Å². The molecule has 1 unspecified atom stereocenters. The number of carbonyl (C=O) groups excluding carboxylic acids is 1. The highest BCUT2D eigenvalue weighted by Crippen LogP contribution is 2.26. The number of aromatic nitrogens is 3. The van der Waals surface area contributed by atoms with E-state index in [0.717, 1.165) is 29.6 Å². The maximum atomic E-state index is 12.8. The van der Waals surface area contributed by atoms with E-state index in [2.05, 4.69) is 9.97 Å². The van der Waals surface area contributed by atoms with E-state index in [9.17, 15) is 9.59 Å². The minimum absolute atomic E-state index is 0.0680. The fourth-order valence-electron chi connectivity index (χ4n) is 4.56. The summed E-state index contributed by atoms with van der Waals surface area (Å²) in [4.78, 5) is 36.1. The zero-order chi connectivity index (χ0) is 25.6. The average Bonchev–Trinajstić information content (AvgIpc) is 3.43. The van der Waals surface area contributed by atoms with Gasteiger partial charge in [-0.3, -0.25) is 4.98 Å². The number of carbonyl (C=O) groups is 1. The Bertz CT molecular complexity index is 1510. The summed E-state index contributed by atoms with van der Waals surface area (Å²) in [5, 5.41) is 0.760. The Balaban J connectivity index is 1.35. The van der Waals surface area contributed by atoms with Gasteiger partial charge in [0.1, 0.15) is 23.5 Å². The molecule has 4 aromatic rings. The second-order valence-electron chi connectivity index (χ2n) is 10.3. The normalized spacial score (nSPS) is 16.1. The van der Waals surface area contributed by atoms with E-state index in [-0.39, 0.29) is 12.1 Å². The number of amides is 1. The molecule has 1 amide bonds. The molecule has 0 saturated carbocycles. The fraction of sp³-hybridized carbons (Fsp3) is 0.407. The molecule has 188 valence electrons. The lowest BCUT2D eigenvalue weighted by molar-refractivity contribution is 0.0187. The van der Waals surface area contributed by atoms with Gasteiger partial charge in [-0.15, -0.1) is 0 Å². The van der Waals surface area contributed by atoms with E-state index < -0.39 is 11.2 Å². The fourth-order valence-corrected chi connectivity index (χ4v) is 4.56. The van der Waals surface area contributed by atoms with Crippen LogP contribution in [0.1, 0.15) is 45.0 Å². The SMILES string of the molecule is Cc1cn2cc(-c3cc4ccc(OCC5CCCN5C(=O)OC(C)(C)C)cc4oc3=O)nc2c(C)n1. The first-order valence-corrected chi connectivity index (χ1v) is 12.1. The van der Waals surface area contributed by atoms with Gasteiger partial charge in [-0.2, -0.15) is 0 Å². The summed E-state index contributed by atoms with van der Waals surface area (Å²) >= 11 is 0. The molecule has 1 aliphatic rings. The van der Waals surface area contributed by atoms with Crippen molar-refractivity contribution in [2.75, 3.05) is 13.2 Å². The quantitative estimate of drug-likeness (QED) is 0.375. The minimum Gasteiger partial charge on any atom is -0.491 e. The van der Waals surface area contributed by atoms with Crippen molar-refractivity contribution in [1.29, 1.82) is 0 Å². The van der Waals surface area contributed by atoms with Gasteiger partial charge in [-0.1, -0.05) is 0 Å². The number of imidazole rings is 1. The average molecular weight is 491 g/mol. The Morgan fingerprint density at radius 2 is 1.97 bits per heavy atom. The Hall–Kier alpha value is -3.88. The highest BCUT2D eigenvalue weighted by atomic mass is 16.6. The van der Waals surface area contributed by atoms with Crippen LogP contribution in [0.25, 0.3) is 27.9 Å². The number of nitrogens with zero attached hydrogens (tertiary/aromatic N) is 4. The summed E-state index contributed by atoms with van der Waals surface area (Å²) in [5.41, 5.74) is 2.69. The maximum Gasteiger partial charge on any atom is 0.410 e.